The van der Waals surface area contributed by atoms with E-state index >= 15 is 0 Å². The molecule has 0 aromatic carbocycles. The second-order valence-electron chi connectivity index (χ2n) is 4.51. The largest absolute Gasteiger partial charge is 0.341 e. The standard InChI is InChI=1S/C13H9ClN6/c1-20-3-2-7-4-8(5-15-12(7)20)9-10-11(17-6-16-10)19-13(14)18-9/h2-6H,1H3,(H,16,17,18,19). The number of nitrogens with zero attached hydrogens (tertiary/aromatic N) is 5. The maximum Gasteiger partial charge on any atom is 0.225 e. The summed E-state index contributed by atoms with van der Waals surface area (Å²) in [7, 11) is 1.96. The third-order valence-corrected chi connectivity index (χ3v) is 3.41. The molecule has 1 N–H and O–H groups in total. The summed E-state index contributed by atoms with van der Waals surface area (Å²) in [6, 6.07) is 4.04. The summed E-state index contributed by atoms with van der Waals surface area (Å²) in [5.41, 5.74) is 3.81. The van der Waals surface area contributed by atoms with Crippen LogP contribution in [0.3, 0.4) is 0 Å². The highest BCUT2D eigenvalue weighted by Gasteiger charge is 2.12. The normalized spacial score (nSPS) is 11.5. The van der Waals surface area contributed by atoms with E-state index in [1.54, 1.807) is 12.5 Å². The van der Waals surface area contributed by atoms with Crippen LogP contribution in [0, 0.1) is 0 Å². The van der Waals surface area contributed by atoms with Crippen molar-refractivity contribution in [2.24, 2.45) is 7.05 Å². The average Bonchev–Trinajstić information content (AvgIpc) is 3.04. The fourth-order valence-corrected chi connectivity index (χ4v) is 2.46. The number of imidazole rings is 1. The number of pyridine rings is 1. The van der Waals surface area contributed by atoms with E-state index in [2.05, 4.69) is 24.9 Å². The van der Waals surface area contributed by atoms with Crippen molar-refractivity contribution in [2.45, 2.75) is 0 Å². The van der Waals surface area contributed by atoms with Crippen molar-refractivity contribution in [3.63, 3.8) is 0 Å². The maximum atomic E-state index is 5.95. The second kappa shape index (κ2) is 4.01. The molecule has 0 saturated carbocycles. The first kappa shape index (κ1) is 11.4. The van der Waals surface area contributed by atoms with Crippen LogP contribution in [0.1, 0.15) is 0 Å². The zero-order chi connectivity index (χ0) is 13.7. The van der Waals surface area contributed by atoms with E-state index in [1.807, 2.05) is 29.9 Å². The Morgan fingerprint density at radius 2 is 2.15 bits per heavy atom. The minimum atomic E-state index is 0.174. The molecule has 4 aromatic rings. The highest BCUT2D eigenvalue weighted by Crippen LogP contribution is 2.27. The van der Waals surface area contributed by atoms with Gasteiger partial charge in [0.15, 0.2) is 5.65 Å². The lowest BCUT2D eigenvalue weighted by molar-refractivity contribution is 0.948. The number of rotatable bonds is 1. The third-order valence-electron chi connectivity index (χ3n) is 3.24. The van der Waals surface area contributed by atoms with Crippen LogP contribution in [0.5, 0.6) is 0 Å². The van der Waals surface area contributed by atoms with Gasteiger partial charge < -0.3 is 9.55 Å². The molecular weight excluding hydrogens is 276 g/mol. The van der Waals surface area contributed by atoms with Crippen molar-refractivity contribution in [1.29, 1.82) is 0 Å². The molecule has 0 aliphatic rings. The van der Waals surface area contributed by atoms with E-state index < -0.39 is 0 Å². The molecule has 0 fully saturated rings. The fraction of sp³-hybridized carbons (Fsp3) is 0.0769. The molecule has 0 aliphatic carbocycles. The van der Waals surface area contributed by atoms with Gasteiger partial charge in [-0.15, -0.1) is 0 Å². The minimum absolute atomic E-state index is 0.174. The second-order valence-corrected chi connectivity index (χ2v) is 4.84. The molecule has 0 aliphatic heterocycles. The Morgan fingerprint density at radius 1 is 1.25 bits per heavy atom. The number of hydrogen-bond donors (Lipinski definition) is 1. The molecule has 20 heavy (non-hydrogen) atoms. The van der Waals surface area contributed by atoms with Crippen LogP contribution >= 0.6 is 11.6 Å². The van der Waals surface area contributed by atoms with Crippen LogP contribution < -0.4 is 0 Å². The Bertz CT molecular complexity index is 938. The van der Waals surface area contributed by atoms with Crippen molar-refractivity contribution < 1.29 is 0 Å². The Hall–Kier alpha value is -2.47. The van der Waals surface area contributed by atoms with E-state index in [-0.39, 0.29) is 5.28 Å². The van der Waals surface area contributed by atoms with Gasteiger partial charge in [0.1, 0.15) is 16.9 Å². The predicted molar refractivity (Wildman–Crippen MR) is 76.4 cm³/mol. The van der Waals surface area contributed by atoms with Gasteiger partial charge in [-0.25, -0.2) is 15.0 Å². The van der Waals surface area contributed by atoms with Crippen molar-refractivity contribution in [1.82, 2.24) is 29.5 Å². The summed E-state index contributed by atoms with van der Waals surface area (Å²) >= 11 is 5.95. The minimum Gasteiger partial charge on any atom is -0.341 e. The Morgan fingerprint density at radius 3 is 3.05 bits per heavy atom. The van der Waals surface area contributed by atoms with Crippen LogP contribution in [0.2, 0.25) is 5.28 Å². The van der Waals surface area contributed by atoms with Gasteiger partial charge in [-0.3, -0.25) is 0 Å². The molecule has 0 amide bonds. The van der Waals surface area contributed by atoms with E-state index in [9.17, 15) is 0 Å². The molecular formula is C13H9ClN6. The number of H-pyrrole nitrogens is 1. The number of aryl methyl sites for hydroxylation is 1. The van der Waals surface area contributed by atoms with E-state index in [4.69, 9.17) is 11.6 Å². The van der Waals surface area contributed by atoms with Crippen molar-refractivity contribution in [3.05, 3.63) is 36.1 Å². The molecule has 6 nitrogen and oxygen atoms in total. The number of aromatic nitrogens is 6. The van der Waals surface area contributed by atoms with E-state index in [1.165, 1.54) is 0 Å². The number of hydrogen-bond acceptors (Lipinski definition) is 4. The highest BCUT2D eigenvalue weighted by molar-refractivity contribution is 6.28. The molecule has 0 radical (unpaired) electrons. The Labute approximate surface area is 118 Å². The smallest absolute Gasteiger partial charge is 0.225 e. The SMILES string of the molecule is Cn1ccc2cc(-c3nc(Cl)nc4nc[nH]c34)cnc21. The predicted octanol–water partition coefficient (Wildman–Crippen LogP) is 2.56. The van der Waals surface area contributed by atoms with E-state index in [0.29, 0.717) is 11.3 Å². The number of nitrogens with one attached hydrogen (secondary N) is 1. The van der Waals surface area contributed by atoms with Crippen LogP contribution in [0.15, 0.2) is 30.9 Å². The van der Waals surface area contributed by atoms with Gasteiger partial charge in [-0.2, -0.15) is 4.98 Å². The first-order valence-corrected chi connectivity index (χ1v) is 6.38. The van der Waals surface area contributed by atoms with Gasteiger partial charge >= 0.3 is 0 Å². The first-order chi connectivity index (χ1) is 9.72. The summed E-state index contributed by atoms with van der Waals surface area (Å²) in [4.78, 5) is 20.0. The van der Waals surface area contributed by atoms with Crippen LogP contribution in [0.4, 0.5) is 0 Å². The van der Waals surface area contributed by atoms with Gasteiger partial charge in [-0.1, -0.05) is 0 Å². The third kappa shape index (κ3) is 1.58. The molecule has 0 saturated heterocycles. The summed E-state index contributed by atoms with van der Waals surface area (Å²) in [5.74, 6) is 0. The Kier molecular flexibility index (Phi) is 2.28. The van der Waals surface area contributed by atoms with Gasteiger partial charge in [0, 0.05) is 30.4 Å². The lowest BCUT2D eigenvalue weighted by Gasteiger charge is -2.03. The highest BCUT2D eigenvalue weighted by atomic mass is 35.5. The molecule has 0 atom stereocenters. The zero-order valence-electron chi connectivity index (χ0n) is 10.5. The lowest BCUT2D eigenvalue weighted by atomic mass is 10.1. The number of aromatic amines is 1. The van der Waals surface area contributed by atoms with Crippen LogP contribution in [-0.4, -0.2) is 29.5 Å². The maximum absolute atomic E-state index is 5.95. The van der Waals surface area contributed by atoms with Gasteiger partial charge in [-0.05, 0) is 23.7 Å². The monoisotopic (exact) mass is 284 g/mol. The quantitative estimate of drug-likeness (QED) is 0.545. The molecule has 0 spiro atoms. The van der Waals surface area contributed by atoms with Crippen molar-refractivity contribution in [2.75, 3.05) is 0 Å². The molecule has 0 unspecified atom stereocenters. The summed E-state index contributed by atoms with van der Waals surface area (Å²) in [6.07, 6.45) is 5.33. The van der Waals surface area contributed by atoms with Crippen LogP contribution in [0.25, 0.3) is 33.5 Å². The lowest BCUT2D eigenvalue weighted by Crippen LogP contribution is -1.93. The molecule has 7 heteroatoms. The molecule has 98 valence electrons. The summed E-state index contributed by atoms with van der Waals surface area (Å²) < 4.78 is 1.97. The fourth-order valence-electron chi connectivity index (χ4n) is 2.30. The molecule has 4 rings (SSSR count). The summed E-state index contributed by atoms with van der Waals surface area (Å²) in [5, 5.41) is 1.22. The average molecular weight is 285 g/mol. The number of fused-ring (bicyclic) bond motifs is 2. The van der Waals surface area contributed by atoms with Gasteiger partial charge in [0.05, 0.1) is 6.33 Å². The van der Waals surface area contributed by atoms with Gasteiger partial charge in [0.25, 0.3) is 0 Å². The topological polar surface area (TPSA) is 72.3 Å². The number of halogens is 1. The Balaban J connectivity index is 2.02. The molecule has 4 aromatic heterocycles. The van der Waals surface area contributed by atoms with Crippen molar-refractivity contribution >= 4 is 33.8 Å². The van der Waals surface area contributed by atoms with Crippen molar-refractivity contribution in [3.8, 4) is 11.3 Å². The van der Waals surface area contributed by atoms with Gasteiger partial charge in [0.2, 0.25) is 5.28 Å². The van der Waals surface area contributed by atoms with Crippen LogP contribution in [-0.2, 0) is 7.05 Å². The molecule has 0 bridgehead atoms. The summed E-state index contributed by atoms with van der Waals surface area (Å²) in [6.45, 7) is 0. The first-order valence-electron chi connectivity index (χ1n) is 6.00. The zero-order valence-corrected chi connectivity index (χ0v) is 11.3. The van der Waals surface area contributed by atoms with E-state index in [0.717, 1.165) is 22.1 Å². The molecule has 4 heterocycles.